The van der Waals surface area contributed by atoms with Crippen LogP contribution in [0.2, 0.25) is 0 Å². The lowest BCUT2D eigenvalue weighted by molar-refractivity contribution is -0.146. The van der Waals surface area contributed by atoms with Gasteiger partial charge < -0.3 is 9.64 Å². The quantitative estimate of drug-likeness (QED) is 0.844. The van der Waals surface area contributed by atoms with Gasteiger partial charge in [0.2, 0.25) is 5.91 Å². The largest absolute Gasteiger partial charge is 0.381 e. The third-order valence-corrected chi connectivity index (χ3v) is 5.82. The molecule has 26 heavy (non-hydrogen) atoms. The smallest absolute Gasteiger partial charge is 0.229 e. The number of carbonyl (C=O) groups is 1. The molecular formula is C22H26N2O2. The van der Waals surface area contributed by atoms with E-state index in [9.17, 15) is 4.79 Å². The second kappa shape index (κ2) is 7.58. The van der Waals surface area contributed by atoms with Crippen molar-refractivity contribution in [3.63, 3.8) is 0 Å². The third-order valence-electron chi connectivity index (χ3n) is 5.82. The van der Waals surface area contributed by atoms with E-state index in [1.165, 1.54) is 11.1 Å². The van der Waals surface area contributed by atoms with Gasteiger partial charge in [0, 0.05) is 44.3 Å². The Bertz CT molecular complexity index is 748. The van der Waals surface area contributed by atoms with Crippen LogP contribution in [-0.2, 0) is 16.0 Å². The fourth-order valence-corrected chi connectivity index (χ4v) is 4.33. The van der Waals surface area contributed by atoms with Crippen LogP contribution in [-0.4, -0.2) is 42.1 Å². The number of hydrogen-bond donors (Lipinski definition) is 0. The molecule has 4 rings (SSSR count). The highest BCUT2D eigenvalue weighted by atomic mass is 16.5. The summed E-state index contributed by atoms with van der Waals surface area (Å²) >= 11 is 0. The predicted octanol–water partition coefficient (Wildman–Crippen LogP) is 3.71. The molecule has 2 aromatic rings. The number of aromatic nitrogens is 1. The van der Waals surface area contributed by atoms with Gasteiger partial charge in [-0.25, -0.2) is 0 Å². The number of rotatable bonds is 4. The fourth-order valence-electron chi connectivity index (χ4n) is 4.33. The Morgan fingerprint density at radius 3 is 2.58 bits per heavy atom. The van der Waals surface area contributed by atoms with Crippen LogP contribution in [0.3, 0.4) is 0 Å². The van der Waals surface area contributed by atoms with Gasteiger partial charge in [0.25, 0.3) is 0 Å². The number of hydrogen-bond acceptors (Lipinski definition) is 3. The molecule has 0 aliphatic carbocycles. The molecule has 3 heterocycles. The summed E-state index contributed by atoms with van der Waals surface area (Å²) in [7, 11) is 0. The van der Waals surface area contributed by atoms with E-state index in [1.54, 1.807) is 6.20 Å². The minimum atomic E-state index is -0.332. The van der Waals surface area contributed by atoms with Gasteiger partial charge in [-0.3, -0.25) is 9.78 Å². The highest BCUT2D eigenvalue weighted by Gasteiger charge is 2.43. The summed E-state index contributed by atoms with van der Waals surface area (Å²) in [6, 6.07) is 12.5. The molecule has 0 spiro atoms. The van der Waals surface area contributed by atoms with Gasteiger partial charge in [-0.1, -0.05) is 30.3 Å². The number of pyridine rings is 1. The van der Waals surface area contributed by atoms with Crippen LogP contribution in [0, 0.1) is 5.41 Å². The van der Waals surface area contributed by atoms with E-state index < -0.39 is 0 Å². The molecule has 4 heteroatoms. The van der Waals surface area contributed by atoms with Gasteiger partial charge in [-0.2, -0.15) is 0 Å². The Kier molecular flexibility index (Phi) is 5.02. The van der Waals surface area contributed by atoms with Gasteiger partial charge in [0.05, 0.1) is 5.41 Å². The summed E-state index contributed by atoms with van der Waals surface area (Å²) in [5.74, 6) is 0.333. The average Bonchev–Trinajstić information content (AvgIpc) is 3.24. The van der Waals surface area contributed by atoms with Crippen molar-refractivity contribution in [2.24, 2.45) is 5.41 Å². The Morgan fingerprint density at radius 2 is 1.85 bits per heavy atom. The van der Waals surface area contributed by atoms with Crippen LogP contribution in [0.5, 0.6) is 0 Å². The minimum Gasteiger partial charge on any atom is -0.381 e. The maximum Gasteiger partial charge on any atom is 0.229 e. The molecule has 1 aromatic heterocycles. The zero-order valence-corrected chi connectivity index (χ0v) is 15.2. The van der Waals surface area contributed by atoms with Crippen molar-refractivity contribution >= 4 is 5.91 Å². The molecule has 136 valence electrons. The van der Waals surface area contributed by atoms with Crippen LogP contribution in [0.25, 0.3) is 11.1 Å². The number of likely N-dealkylation sites (tertiary alicyclic amines) is 1. The van der Waals surface area contributed by atoms with Gasteiger partial charge >= 0.3 is 0 Å². The highest BCUT2D eigenvalue weighted by molar-refractivity contribution is 5.84. The van der Waals surface area contributed by atoms with E-state index in [2.05, 4.69) is 40.2 Å². The van der Waals surface area contributed by atoms with Crippen LogP contribution in [0.15, 0.2) is 48.8 Å². The van der Waals surface area contributed by atoms with Crippen molar-refractivity contribution in [2.45, 2.75) is 32.1 Å². The molecule has 0 atom stereocenters. The number of carbonyl (C=O) groups excluding carboxylic acids is 1. The zero-order chi connectivity index (χ0) is 17.8. The minimum absolute atomic E-state index is 0.332. The number of ether oxygens (including phenoxy) is 1. The third kappa shape index (κ3) is 3.38. The molecular weight excluding hydrogens is 324 g/mol. The first-order valence-corrected chi connectivity index (χ1v) is 9.64. The molecule has 2 fully saturated rings. The summed E-state index contributed by atoms with van der Waals surface area (Å²) in [4.78, 5) is 19.8. The first-order chi connectivity index (χ1) is 12.8. The fraction of sp³-hybridized carbons (Fsp3) is 0.455. The molecule has 1 aromatic carbocycles. The second-order valence-electron chi connectivity index (χ2n) is 7.47. The number of nitrogens with zero attached hydrogens (tertiary/aromatic N) is 2. The van der Waals surface area contributed by atoms with Crippen LogP contribution in [0.1, 0.15) is 31.2 Å². The summed E-state index contributed by atoms with van der Waals surface area (Å²) in [6.45, 7) is 3.17. The molecule has 2 aliphatic heterocycles. The van der Waals surface area contributed by atoms with E-state index in [4.69, 9.17) is 4.74 Å². The molecule has 0 saturated carbocycles. The Balaban J connectivity index is 1.67. The van der Waals surface area contributed by atoms with Crippen LogP contribution >= 0.6 is 0 Å². The molecule has 4 nitrogen and oxygen atoms in total. The van der Waals surface area contributed by atoms with Crippen molar-refractivity contribution in [3.05, 3.63) is 54.4 Å². The zero-order valence-electron chi connectivity index (χ0n) is 15.2. The van der Waals surface area contributed by atoms with E-state index in [1.807, 2.05) is 12.3 Å². The van der Waals surface area contributed by atoms with Crippen LogP contribution in [0.4, 0.5) is 0 Å². The number of amides is 1. The van der Waals surface area contributed by atoms with Crippen LogP contribution < -0.4 is 0 Å². The molecule has 2 aliphatic rings. The summed E-state index contributed by atoms with van der Waals surface area (Å²) in [6.07, 6.45) is 8.35. The maximum absolute atomic E-state index is 13.4. The van der Waals surface area contributed by atoms with Gasteiger partial charge in [-0.05, 0) is 49.3 Å². The first-order valence-electron chi connectivity index (χ1n) is 9.64. The van der Waals surface area contributed by atoms with E-state index in [-0.39, 0.29) is 5.41 Å². The molecule has 2 saturated heterocycles. The lowest BCUT2D eigenvalue weighted by atomic mass is 9.73. The van der Waals surface area contributed by atoms with E-state index >= 15 is 0 Å². The van der Waals surface area contributed by atoms with E-state index in [0.717, 1.165) is 50.8 Å². The SMILES string of the molecule is O=C(N1CCCC1)C1(Cc2ccccc2-c2cccnc2)CCOCC1. The van der Waals surface area contributed by atoms with Crippen molar-refractivity contribution in [2.75, 3.05) is 26.3 Å². The molecule has 0 radical (unpaired) electrons. The average molecular weight is 350 g/mol. The molecule has 0 unspecified atom stereocenters. The highest BCUT2D eigenvalue weighted by Crippen LogP contribution is 2.39. The second-order valence-corrected chi connectivity index (χ2v) is 7.47. The molecule has 1 amide bonds. The van der Waals surface area contributed by atoms with Crippen molar-refractivity contribution in [1.82, 2.24) is 9.88 Å². The molecule has 0 bridgehead atoms. The standard InChI is InChI=1S/C22H26N2O2/c25-21(24-12-3-4-13-24)22(9-14-26-15-10-22)16-18-6-1-2-8-20(18)19-7-5-11-23-17-19/h1-2,5-8,11,17H,3-4,9-10,12-16H2. The number of benzene rings is 1. The van der Waals surface area contributed by atoms with Gasteiger partial charge in [0.1, 0.15) is 0 Å². The van der Waals surface area contributed by atoms with Gasteiger partial charge in [-0.15, -0.1) is 0 Å². The Hall–Kier alpha value is -2.20. The Morgan fingerprint density at radius 1 is 1.08 bits per heavy atom. The normalized spacial score (nSPS) is 19.5. The van der Waals surface area contributed by atoms with E-state index in [0.29, 0.717) is 19.1 Å². The first kappa shape index (κ1) is 17.2. The Labute approximate surface area is 155 Å². The lowest BCUT2D eigenvalue weighted by Gasteiger charge is -2.39. The summed E-state index contributed by atoms with van der Waals surface area (Å²) in [5.41, 5.74) is 3.19. The van der Waals surface area contributed by atoms with Crippen molar-refractivity contribution in [1.29, 1.82) is 0 Å². The maximum atomic E-state index is 13.4. The summed E-state index contributed by atoms with van der Waals surface area (Å²) in [5, 5.41) is 0. The molecule has 0 N–H and O–H groups in total. The van der Waals surface area contributed by atoms with Crippen molar-refractivity contribution < 1.29 is 9.53 Å². The predicted molar refractivity (Wildman–Crippen MR) is 102 cm³/mol. The lowest BCUT2D eigenvalue weighted by Crippen LogP contribution is -2.47. The monoisotopic (exact) mass is 350 g/mol. The summed E-state index contributed by atoms with van der Waals surface area (Å²) < 4.78 is 5.61. The van der Waals surface area contributed by atoms with Crippen molar-refractivity contribution in [3.8, 4) is 11.1 Å². The van der Waals surface area contributed by atoms with Gasteiger partial charge in [0.15, 0.2) is 0 Å². The topological polar surface area (TPSA) is 42.4 Å².